The number of thioether (sulfide) groups is 1. The number of fused-ring (bicyclic) bond motifs is 1. The molecule has 1 unspecified atom stereocenters. The number of aliphatic hydroxyl groups excluding tert-OH is 1. The van der Waals surface area contributed by atoms with Crippen molar-refractivity contribution < 1.29 is 24.3 Å². The monoisotopic (exact) mass is 498 g/mol. The highest BCUT2D eigenvalue weighted by atomic mass is 32.2. The molecule has 0 aliphatic carbocycles. The van der Waals surface area contributed by atoms with E-state index in [4.69, 9.17) is 0 Å². The van der Waals surface area contributed by atoms with Crippen LogP contribution in [0.5, 0.6) is 0 Å². The number of imide groups is 1. The summed E-state index contributed by atoms with van der Waals surface area (Å²) in [7, 11) is 1.69. The molecule has 4 heterocycles. The molecule has 2 N–H and O–H groups in total. The number of nitrogens with one attached hydrogen (secondary N) is 1. The molecule has 2 fully saturated rings. The van der Waals surface area contributed by atoms with Gasteiger partial charge in [-0.3, -0.25) is 24.5 Å². The number of nitrogens with zero attached hydrogens (tertiary/aromatic N) is 5. The molecule has 1 aromatic heterocycles. The summed E-state index contributed by atoms with van der Waals surface area (Å²) < 4.78 is 1.48. The zero-order valence-corrected chi connectivity index (χ0v) is 20.1. The van der Waals surface area contributed by atoms with Crippen molar-refractivity contribution in [2.75, 3.05) is 25.2 Å². The predicted molar refractivity (Wildman–Crippen MR) is 126 cm³/mol. The van der Waals surface area contributed by atoms with Crippen molar-refractivity contribution in [2.24, 2.45) is 0 Å². The maximum Gasteiger partial charge on any atom is 0.276 e. The molecule has 5 rings (SSSR count). The Balaban J connectivity index is 1.34. The summed E-state index contributed by atoms with van der Waals surface area (Å²) in [5, 5.41) is 20.5. The van der Waals surface area contributed by atoms with Crippen molar-refractivity contribution >= 4 is 35.4 Å². The third-order valence-corrected chi connectivity index (χ3v) is 8.20. The van der Waals surface area contributed by atoms with E-state index < -0.39 is 17.5 Å². The van der Waals surface area contributed by atoms with Gasteiger partial charge in [0.05, 0.1) is 24.0 Å². The van der Waals surface area contributed by atoms with E-state index in [1.807, 2.05) is 11.8 Å². The number of carbonyl (C=O) groups is 4. The van der Waals surface area contributed by atoms with Crippen LogP contribution in [0.15, 0.2) is 24.4 Å². The number of aromatic nitrogens is 3. The number of piperidine rings is 1. The van der Waals surface area contributed by atoms with E-state index in [2.05, 4.69) is 15.6 Å². The van der Waals surface area contributed by atoms with Gasteiger partial charge in [0.25, 0.3) is 11.8 Å². The Bertz CT molecular complexity index is 1210. The van der Waals surface area contributed by atoms with Gasteiger partial charge in [-0.15, -0.1) is 5.10 Å². The third-order valence-electron chi connectivity index (χ3n) is 7.22. The molecule has 1 aromatic carbocycles. The molecule has 3 aliphatic heterocycles. The van der Waals surface area contributed by atoms with Gasteiger partial charge in [0.1, 0.15) is 6.04 Å². The molecule has 0 bridgehead atoms. The highest BCUT2D eigenvalue weighted by molar-refractivity contribution is 7.99. The lowest BCUT2D eigenvalue weighted by atomic mass is 9.91. The van der Waals surface area contributed by atoms with E-state index in [0.29, 0.717) is 30.5 Å². The number of rotatable bonds is 5. The van der Waals surface area contributed by atoms with Crippen molar-refractivity contribution in [3.05, 3.63) is 41.2 Å². The summed E-state index contributed by atoms with van der Waals surface area (Å²) in [6, 6.07) is 4.50. The molecular weight excluding hydrogens is 472 g/mol. The van der Waals surface area contributed by atoms with Crippen molar-refractivity contribution in [3.8, 4) is 5.69 Å². The summed E-state index contributed by atoms with van der Waals surface area (Å²) in [6.45, 7) is 0.140. The van der Waals surface area contributed by atoms with Gasteiger partial charge in [-0.25, -0.2) is 4.68 Å². The Morgan fingerprint density at radius 2 is 2.06 bits per heavy atom. The van der Waals surface area contributed by atoms with Gasteiger partial charge in [0, 0.05) is 25.6 Å². The van der Waals surface area contributed by atoms with Crippen LogP contribution in [0.1, 0.15) is 52.1 Å². The number of aliphatic hydroxyl groups is 1. The maximum atomic E-state index is 13.1. The Labute approximate surface area is 205 Å². The Hall–Kier alpha value is -3.25. The molecule has 0 radical (unpaired) electrons. The van der Waals surface area contributed by atoms with E-state index >= 15 is 0 Å². The summed E-state index contributed by atoms with van der Waals surface area (Å²) in [6.07, 6.45) is 3.47. The van der Waals surface area contributed by atoms with Crippen LogP contribution in [0.2, 0.25) is 0 Å². The fraction of sp³-hybridized carbons (Fsp3) is 0.478. The number of likely N-dealkylation sites (N-methyl/N-ethyl adjacent to an activating group) is 1. The molecular formula is C23H26N6O5S. The molecule has 0 spiro atoms. The SMILES string of the molecule is CN(C(=O)c1cn(-c2ccc3c(c2)CN(C2CCC(=O)NC2=O)C3=O)nn1)C1(CO)CCSCC1. The van der Waals surface area contributed by atoms with Gasteiger partial charge in [0.2, 0.25) is 11.8 Å². The molecule has 4 amide bonds. The Kier molecular flexibility index (Phi) is 6.09. The zero-order valence-electron chi connectivity index (χ0n) is 19.3. The quantitative estimate of drug-likeness (QED) is 0.564. The van der Waals surface area contributed by atoms with E-state index in [9.17, 15) is 24.3 Å². The lowest BCUT2D eigenvalue weighted by Crippen LogP contribution is -2.54. The van der Waals surface area contributed by atoms with E-state index in [-0.39, 0.29) is 43.0 Å². The number of benzene rings is 1. The van der Waals surface area contributed by atoms with Crippen LogP contribution in [0.25, 0.3) is 5.69 Å². The van der Waals surface area contributed by atoms with Crippen LogP contribution in [-0.2, 0) is 16.1 Å². The van der Waals surface area contributed by atoms with Crippen LogP contribution in [0.3, 0.4) is 0 Å². The smallest absolute Gasteiger partial charge is 0.276 e. The molecule has 2 aromatic rings. The second kappa shape index (κ2) is 9.08. The molecule has 1 atom stereocenters. The number of amides is 4. The van der Waals surface area contributed by atoms with Gasteiger partial charge in [-0.1, -0.05) is 5.21 Å². The topological polar surface area (TPSA) is 138 Å². The summed E-state index contributed by atoms with van der Waals surface area (Å²) >= 11 is 1.81. The minimum Gasteiger partial charge on any atom is -0.394 e. The fourth-order valence-corrected chi connectivity index (χ4v) is 6.18. The first-order valence-electron chi connectivity index (χ1n) is 11.5. The minimum absolute atomic E-state index is 0.105. The van der Waals surface area contributed by atoms with Gasteiger partial charge >= 0.3 is 0 Å². The van der Waals surface area contributed by atoms with Crippen molar-refractivity contribution in [2.45, 2.75) is 43.8 Å². The molecule has 11 nitrogen and oxygen atoms in total. The fourth-order valence-electron chi connectivity index (χ4n) is 4.93. The predicted octanol–water partition coefficient (Wildman–Crippen LogP) is 0.358. The van der Waals surface area contributed by atoms with Gasteiger partial charge < -0.3 is 14.9 Å². The van der Waals surface area contributed by atoms with E-state index in [1.165, 1.54) is 15.8 Å². The number of hydrogen-bond acceptors (Lipinski definition) is 8. The largest absolute Gasteiger partial charge is 0.394 e. The van der Waals surface area contributed by atoms with Crippen LogP contribution in [0, 0.1) is 0 Å². The van der Waals surface area contributed by atoms with Crippen molar-refractivity contribution in [3.63, 3.8) is 0 Å². The lowest BCUT2D eigenvalue weighted by molar-refractivity contribution is -0.136. The normalized spacial score (nSPS) is 21.6. The molecule has 184 valence electrons. The second-order valence-corrected chi connectivity index (χ2v) is 10.4. The number of carbonyl (C=O) groups excluding carboxylic acids is 4. The standard InChI is InChI=1S/C23H26N6O5S/c1-27(23(13-30)6-8-35-9-7-23)22(34)17-12-29(26-25-17)15-2-3-16-14(10-15)11-28(21(16)33)18-4-5-19(31)24-20(18)32/h2-3,10,12,18,30H,4-9,11,13H2,1H3,(H,24,31,32). The van der Waals surface area contributed by atoms with Crippen molar-refractivity contribution in [1.82, 2.24) is 30.1 Å². The van der Waals surface area contributed by atoms with Crippen LogP contribution in [0.4, 0.5) is 0 Å². The highest BCUT2D eigenvalue weighted by Gasteiger charge is 2.40. The summed E-state index contributed by atoms with van der Waals surface area (Å²) in [5.74, 6) is 0.425. The first kappa shape index (κ1) is 23.5. The molecule has 3 aliphatic rings. The van der Waals surface area contributed by atoms with Crippen LogP contribution >= 0.6 is 11.8 Å². The van der Waals surface area contributed by atoms with Crippen LogP contribution < -0.4 is 5.32 Å². The van der Waals surface area contributed by atoms with E-state index in [1.54, 1.807) is 30.1 Å². The minimum atomic E-state index is -0.681. The van der Waals surface area contributed by atoms with E-state index in [0.717, 1.165) is 17.1 Å². The first-order chi connectivity index (χ1) is 16.8. The van der Waals surface area contributed by atoms with Crippen molar-refractivity contribution in [1.29, 1.82) is 0 Å². The first-order valence-corrected chi connectivity index (χ1v) is 12.7. The molecule has 35 heavy (non-hydrogen) atoms. The number of hydrogen-bond donors (Lipinski definition) is 2. The average Bonchev–Trinajstić information content (AvgIpc) is 3.49. The highest BCUT2D eigenvalue weighted by Crippen LogP contribution is 2.32. The second-order valence-electron chi connectivity index (χ2n) is 9.15. The molecule has 12 heteroatoms. The van der Waals surface area contributed by atoms with Crippen LogP contribution in [-0.4, -0.2) is 90.3 Å². The zero-order chi connectivity index (χ0) is 24.7. The molecule has 2 saturated heterocycles. The maximum absolute atomic E-state index is 13.1. The Morgan fingerprint density at radius 3 is 2.77 bits per heavy atom. The summed E-state index contributed by atoms with van der Waals surface area (Å²) in [5.41, 5.74) is 1.42. The summed E-state index contributed by atoms with van der Waals surface area (Å²) in [4.78, 5) is 52.8. The van der Waals surface area contributed by atoms with Gasteiger partial charge in [-0.2, -0.15) is 11.8 Å². The van der Waals surface area contributed by atoms with Gasteiger partial charge in [0.15, 0.2) is 5.69 Å². The Morgan fingerprint density at radius 1 is 1.29 bits per heavy atom. The lowest BCUT2D eigenvalue weighted by Gasteiger charge is -2.42. The third kappa shape index (κ3) is 4.10. The molecule has 0 saturated carbocycles. The average molecular weight is 499 g/mol. The van der Waals surface area contributed by atoms with Gasteiger partial charge in [-0.05, 0) is 54.5 Å².